The number of fused-ring (bicyclic) bond motifs is 3. The Hall–Kier alpha value is -4.58. The molecule has 0 bridgehead atoms. The summed E-state index contributed by atoms with van der Waals surface area (Å²) in [5.41, 5.74) is 3.19. The molecule has 3 nitrogen and oxygen atoms in total. The molecule has 1 aromatic heterocycles. The van der Waals surface area contributed by atoms with Crippen molar-refractivity contribution in [3.8, 4) is 22.4 Å². The normalized spacial score (nSPS) is 13.4. The minimum Gasteiger partial charge on any atom is -0.256 e. The molecule has 0 amide bonds. The van der Waals surface area contributed by atoms with E-state index < -0.39 is 17.9 Å². The molecule has 0 radical (unpaired) electrons. The molecular weight excluding hydrogens is 527 g/mol. The summed E-state index contributed by atoms with van der Waals surface area (Å²) in [6, 6.07) is 49.3. The fourth-order valence-corrected chi connectivity index (χ4v) is 12.4. The highest BCUT2D eigenvalue weighted by Crippen LogP contribution is 2.44. The van der Waals surface area contributed by atoms with Gasteiger partial charge < -0.3 is 0 Å². The van der Waals surface area contributed by atoms with E-state index in [0.717, 1.165) is 22.4 Å². The van der Waals surface area contributed by atoms with Gasteiger partial charge in [-0.05, 0) is 45.0 Å². The first-order valence-electron chi connectivity index (χ1n) is 13.2. The second kappa shape index (κ2) is 9.56. The molecule has 0 aliphatic carbocycles. The number of pyridine rings is 1. The summed E-state index contributed by atoms with van der Waals surface area (Å²) >= 11 is 0. The lowest BCUT2D eigenvalue weighted by atomic mass is 10.0. The first kappa shape index (κ1) is 24.5. The van der Waals surface area contributed by atoms with Crippen molar-refractivity contribution in [3.05, 3.63) is 152 Å². The summed E-state index contributed by atoms with van der Waals surface area (Å²) in [7, 11) is -6.15. The third kappa shape index (κ3) is 3.70. The Morgan fingerprint density at radius 3 is 1.55 bits per heavy atom. The van der Waals surface area contributed by atoms with Gasteiger partial charge in [0.15, 0.2) is 8.07 Å². The Kier molecular flexibility index (Phi) is 5.84. The fourth-order valence-electron chi connectivity index (χ4n) is 6.03. The van der Waals surface area contributed by atoms with Gasteiger partial charge in [-0.3, -0.25) is 4.98 Å². The third-order valence-electron chi connectivity index (χ3n) is 7.85. The maximum atomic E-state index is 13.1. The molecule has 0 spiro atoms. The van der Waals surface area contributed by atoms with Gasteiger partial charge in [-0.1, -0.05) is 121 Å². The van der Waals surface area contributed by atoms with Gasteiger partial charge in [0.05, 0.1) is 15.5 Å². The molecule has 192 valence electrons. The molecule has 2 heterocycles. The molecule has 5 aromatic carbocycles. The zero-order valence-corrected chi connectivity index (χ0v) is 23.4. The van der Waals surface area contributed by atoms with Crippen molar-refractivity contribution in [3.63, 3.8) is 0 Å². The monoisotopic (exact) mass is 551 g/mol. The van der Waals surface area contributed by atoms with Crippen LogP contribution < -0.4 is 20.7 Å². The SMILES string of the molecule is O=S1(=O)c2ccccc2-c2cc(-c3ccc([Si](c4ccccc4)(c4ccccc4)c4ccccc4)cn3)ccc21. The highest BCUT2D eigenvalue weighted by molar-refractivity contribution is 7.92. The number of sulfone groups is 1. The molecule has 1 aliphatic rings. The number of benzene rings is 5. The lowest BCUT2D eigenvalue weighted by Gasteiger charge is -2.34. The van der Waals surface area contributed by atoms with Crippen LogP contribution in [-0.2, 0) is 9.84 Å². The van der Waals surface area contributed by atoms with Crippen LogP contribution >= 0.6 is 0 Å². The van der Waals surface area contributed by atoms with Gasteiger partial charge in [-0.25, -0.2) is 8.42 Å². The lowest BCUT2D eigenvalue weighted by molar-refractivity contribution is 0.598. The van der Waals surface area contributed by atoms with Crippen LogP contribution in [0.5, 0.6) is 0 Å². The van der Waals surface area contributed by atoms with Gasteiger partial charge in [0.2, 0.25) is 9.84 Å². The fraction of sp³-hybridized carbons (Fsp3) is 0. The number of hydrogen-bond donors (Lipinski definition) is 0. The lowest BCUT2D eigenvalue weighted by Crippen LogP contribution is -2.74. The van der Waals surface area contributed by atoms with Crippen LogP contribution in [0.4, 0.5) is 0 Å². The van der Waals surface area contributed by atoms with Crippen molar-refractivity contribution in [1.82, 2.24) is 4.98 Å². The predicted octanol–water partition coefficient (Wildman–Crippen LogP) is 4.94. The van der Waals surface area contributed by atoms with Crippen LogP contribution in [0.3, 0.4) is 0 Å². The topological polar surface area (TPSA) is 47.0 Å². The van der Waals surface area contributed by atoms with Crippen molar-refractivity contribution in [2.75, 3.05) is 0 Å². The third-order valence-corrected chi connectivity index (χ3v) is 14.5. The summed E-state index contributed by atoms with van der Waals surface area (Å²) in [4.78, 5) is 5.72. The molecule has 0 saturated carbocycles. The molecule has 7 rings (SSSR count). The highest BCUT2D eigenvalue weighted by atomic mass is 32.2. The van der Waals surface area contributed by atoms with Crippen LogP contribution in [-0.4, -0.2) is 21.5 Å². The average Bonchev–Trinajstić information content (AvgIpc) is 3.25. The summed E-state index contributed by atoms with van der Waals surface area (Å²) in [6.45, 7) is 0. The standard InChI is InChI=1S/C35H25NO2SSi/c37-39(38)34-19-11-10-18-31(34)32-24-26(20-23-35(32)39)33-22-21-30(25-36-33)40(27-12-4-1-5-13-27,28-14-6-2-7-15-28)29-16-8-3-9-17-29/h1-25H. The zero-order chi connectivity index (χ0) is 27.2. The van der Waals surface area contributed by atoms with Crippen molar-refractivity contribution >= 4 is 38.7 Å². The largest absolute Gasteiger partial charge is 0.256 e. The number of rotatable bonds is 5. The summed E-state index contributed by atoms with van der Waals surface area (Å²) in [5, 5.41) is 5.07. The molecule has 0 saturated heterocycles. The first-order chi connectivity index (χ1) is 19.6. The van der Waals surface area contributed by atoms with E-state index >= 15 is 0 Å². The van der Waals surface area contributed by atoms with Crippen LogP contribution in [0.25, 0.3) is 22.4 Å². The minimum absolute atomic E-state index is 0.359. The molecule has 40 heavy (non-hydrogen) atoms. The molecule has 0 atom stereocenters. The maximum absolute atomic E-state index is 13.1. The number of nitrogens with zero attached hydrogens (tertiary/aromatic N) is 1. The average molecular weight is 552 g/mol. The van der Waals surface area contributed by atoms with Crippen LogP contribution in [0.2, 0.25) is 0 Å². The van der Waals surface area contributed by atoms with E-state index in [0.29, 0.717) is 9.79 Å². The zero-order valence-electron chi connectivity index (χ0n) is 21.6. The number of aromatic nitrogens is 1. The predicted molar refractivity (Wildman–Crippen MR) is 164 cm³/mol. The van der Waals surface area contributed by atoms with E-state index in [1.807, 2.05) is 30.5 Å². The molecule has 1 aliphatic heterocycles. The van der Waals surface area contributed by atoms with Crippen molar-refractivity contribution in [2.45, 2.75) is 9.79 Å². The van der Waals surface area contributed by atoms with Gasteiger partial charge in [0.25, 0.3) is 0 Å². The second-order valence-electron chi connectivity index (χ2n) is 9.99. The molecule has 6 aromatic rings. The molecule has 0 N–H and O–H groups in total. The summed E-state index contributed by atoms with van der Waals surface area (Å²) in [5.74, 6) is 0. The molecular formula is C35H25NO2SSi. The van der Waals surface area contributed by atoms with Gasteiger partial charge in [0, 0.05) is 22.9 Å². The van der Waals surface area contributed by atoms with Crippen LogP contribution in [0.1, 0.15) is 0 Å². The Labute approximate surface area is 235 Å². The second-order valence-corrected chi connectivity index (χ2v) is 15.7. The van der Waals surface area contributed by atoms with E-state index in [-0.39, 0.29) is 0 Å². The van der Waals surface area contributed by atoms with Crippen molar-refractivity contribution in [1.29, 1.82) is 0 Å². The smallest absolute Gasteiger partial charge is 0.207 e. The molecule has 0 unspecified atom stereocenters. The van der Waals surface area contributed by atoms with E-state index in [4.69, 9.17) is 4.98 Å². The van der Waals surface area contributed by atoms with Gasteiger partial charge in [-0.15, -0.1) is 0 Å². The van der Waals surface area contributed by atoms with Gasteiger partial charge in [0.1, 0.15) is 0 Å². The van der Waals surface area contributed by atoms with Gasteiger partial charge in [-0.2, -0.15) is 0 Å². The Bertz CT molecular complexity index is 1840. The quantitative estimate of drug-likeness (QED) is 0.225. The first-order valence-corrected chi connectivity index (χ1v) is 16.7. The Morgan fingerprint density at radius 2 is 1.00 bits per heavy atom. The summed E-state index contributed by atoms with van der Waals surface area (Å²) in [6.07, 6.45) is 2.02. The minimum atomic E-state index is -3.50. The Morgan fingerprint density at radius 1 is 0.475 bits per heavy atom. The van der Waals surface area contributed by atoms with Gasteiger partial charge >= 0.3 is 0 Å². The summed E-state index contributed by atoms with van der Waals surface area (Å²) < 4.78 is 26.1. The highest BCUT2D eigenvalue weighted by Gasteiger charge is 2.41. The maximum Gasteiger partial charge on any atom is 0.207 e. The van der Waals surface area contributed by atoms with Crippen LogP contribution in [0, 0.1) is 0 Å². The van der Waals surface area contributed by atoms with Crippen molar-refractivity contribution in [2.24, 2.45) is 0 Å². The molecule has 0 fully saturated rings. The van der Waals surface area contributed by atoms with E-state index in [2.05, 4.69) is 103 Å². The number of hydrogen-bond acceptors (Lipinski definition) is 3. The Balaban J connectivity index is 1.40. The van der Waals surface area contributed by atoms with E-state index in [9.17, 15) is 8.42 Å². The van der Waals surface area contributed by atoms with Crippen LogP contribution in [0.15, 0.2) is 162 Å². The van der Waals surface area contributed by atoms with E-state index in [1.165, 1.54) is 20.7 Å². The molecule has 5 heteroatoms. The van der Waals surface area contributed by atoms with Crippen molar-refractivity contribution < 1.29 is 8.42 Å². The van der Waals surface area contributed by atoms with E-state index in [1.54, 1.807) is 18.2 Å².